The van der Waals surface area contributed by atoms with Crippen LogP contribution in [0.2, 0.25) is 0 Å². The molecule has 0 radical (unpaired) electrons. The van der Waals surface area contributed by atoms with E-state index in [-0.39, 0.29) is 18.5 Å². The summed E-state index contributed by atoms with van der Waals surface area (Å²) < 4.78 is 26.9. The van der Waals surface area contributed by atoms with Crippen LogP contribution in [-0.2, 0) is 13.8 Å². The van der Waals surface area contributed by atoms with E-state index in [1.165, 1.54) is 32.1 Å². The molecule has 0 aromatic carbocycles. The fraction of sp³-hybridized carbons (Fsp3) is 1.00. The highest BCUT2D eigenvalue weighted by atomic mass is 35.7. The first-order chi connectivity index (χ1) is 7.08. The second-order valence-electron chi connectivity index (χ2n) is 4.08. The van der Waals surface area contributed by atoms with Crippen molar-refractivity contribution in [3.8, 4) is 0 Å². The van der Waals surface area contributed by atoms with E-state index in [2.05, 4.69) is 0 Å². The molecule has 1 saturated carbocycles. The molecule has 0 amide bonds. The van der Waals surface area contributed by atoms with Crippen molar-refractivity contribution in [1.29, 1.82) is 0 Å². The first kappa shape index (κ1) is 13.3. The first-order valence-corrected chi connectivity index (χ1v) is 8.10. The second kappa shape index (κ2) is 6.71. The molecule has 0 atom stereocenters. The van der Waals surface area contributed by atoms with Crippen LogP contribution in [0, 0.1) is 0 Å². The summed E-state index contributed by atoms with van der Waals surface area (Å²) in [6, 6.07) is 0. The molecule has 1 rings (SSSR count). The van der Waals surface area contributed by atoms with Gasteiger partial charge in [0.25, 0.3) is 0 Å². The van der Waals surface area contributed by atoms with E-state index in [9.17, 15) is 8.42 Å². The highest BCUT2D eigenvalue weighted by Gasteiger charge is 2.13. The van der Waals surface area contributed by atoms with Gasteiger partial charge in [0.2, 0.25) is 9.05 Å². The van der Waals surface area contributed by atoms with Crippen LogP contribution in [0.15, 0.2) is 0 Å². The summed E-state index contributed by atoms with van der Waals surface area (Å²) in [5.74, 6) is -0.0783. The van der Waals surface area contributed by atoms with Gasteiger partial charge in [0.1, 0.15) is 0 Å². The fourth-order valence-electron chi connectivity index (χ4n) is 1.90. The lowest BCUT2D eigenvalue weighted by Gasteiger charge is -2.19. The molecule has 0 N–H and O–H groups in total. The lowest BCUT2D eigenvalue weighted by atomic mass is 9.99. The Balaban J connectivity index is 2.18. The molecule has 0 aromatic rings. The molecule has 0 aliphatic heterocycles. The van der Waals surface area contributed by atoms with E-state index in [1.807, 2.05) is 0 Å². The summed E-state index contributed by atoms with van der Waals surface area (Å²) >= 11 is 0. The number of rotatable bonds is 4. The second-order valence-corrected chi connectivity index (χ2v) is 6.98. The molecule has 0 heterocycles. The SMILES string of the molecule is O=S(=O)(Cl)CCOC1CCCCCCC1. The van der Waals surface area contributed by atoms with Gasteiger partial charge in [0, 0.05) is 10.7 Å². The quantitative estimate of drug-likeness (QED) is 0.725. The van der Waals surface area contributed by atoms with E-state index < -0.39 is 9.05 Å². The number of hydrogen-bond donors (Lipinski definition) is 0. The van der Waals surface area contributed by atoms with Crippen molar-refractivity contribution >= 4 is 19.7 Å². The number of halogens is 1. The number of ether oxygens (including phenoxy) is 1. The first-order valence-electron chi connectivity index (χ1n) is 5.62. The third kappa shape index (κ3) is 7.14. The Bertz CT molecular complexity index is 256. The fourth-order valence-corrected chi connectivity index (χ4v) is 2.38. The topological polar surface area (TPSA) is 43.4 Å². The molecule has 1 aliphatic rings. The van der Waals surface area contributed by atoms with Crippen molar-refractivity contribution in [2.24, 2.45) is 0 Å². The van der Waals surface area contributed by atoms with Crippen molar-refractivity contribution in [3.63, 3.8) is 0 Å². The van der Waals surface area contributed by atoms with Gasteiger partial charge in [0.05, 0.1) is 18.5 Å². The highest BCUT2D eigenvalue weighted by molar-refractivity contribution is 8.13. The van der Waals surface area contributed by atoms with E-state index in [1.54, 1.807) is 0 Å². The molecule has 0 spiro atoms. The van der Waals surface area contributed by atoms with Gasteiger partial charge in [-0.3, -0.25) is 0 Å². The Labute approximate surface area is 96.6 Å². The average Bonchev–Trinajstić information content (AvgIpc) is 2.06. The Hall–Kier alpha value is 0.200. The molecule has 0 bridgehead atoms. The van der Waals surface area contributed by atoms with Gasteiger partial charge in [-0.25, -0.2) is 8.42 Å². The zero-order chi connectivity index (χ0) is 11.1. The van der Waals surface area contributed by atoms with Gasteiger partial charge in [0.15, 0.2) is 0 Å². The zero-order valence-corrected chi connectivity index (χ0v) is 10.5. The lowest BCUT2D eigenvalue weighted by Crippen LogP contribution is -2.18. The maximum absolute atomic E-state index is 10.7. The molecular formula is C10H19ClO3S. The summed E-state index contributed by atoms with van der Waals surface area (Å²) in [5, 5.41) is 0. The van der Waals surface area contributed by atoms with E-state index in [0.717, 1.165) is 12.8 Å². The lowest BCUT2D eigenvalue weighted by molar-refractivity contribution is 0.0455. The van der Waals surface area contributed by atoms with Crippen LogP contribution < -0.4 is 0 Å². The van der Waals surface area contributed by atoms with Crippen molar-refractivity contribution in [2.75, 3.05) is 12.4 Å². The van der Waals surface area contributed by atoms with Crippen LogP contribution in [0.1, 0.15) is 44.9 Å². The predicted molar refractivity (Wildman–Crippen MR) is 61.7 cm³/mol. The summed E-state index contributed by atoms with van der Waals surface area (Å²) in [4.78, 5) is 0. The Morgan fingerprint density at radius 2 is 1.60 bits per heavy atom. The van der Waals surface area contributed by atoms with Gasteiger partial charge in [-0.2, -0.15) is 0 Å². The molecule has 90 valence electrons. The van der Waals surface area contributed by atoms with Gasteiger partial charge in [-0.15, -0.1) is 0 Å². The Morgan fingerprint density at radius 3 is 2.13 bits per heavy atom. The Kier molecular flexibility index (Phi) is 5.94. The largest absolute Gasteiger partial charge is 0.377 e. The van der Waals surface area contributed by atoms with E-state index in [4.69, 9.17) is 15.4 Å². The van der Waals surface area contributed by atoms with E-state index >= 15 is 0 Å². The molecular weight excluding hydrogens is 236 g/mol. The van der Waals surface area contributed by atoms with Crippen molar-refractivity contribution < 1.29 is 13.2 Å². The molecule has 0 aromatic heterocycles. The molecule has 0 saturated heterocycles. The Morgan fingerprint density at radius 1 is 1.07 bits per heavy atom. The molecule has 15 heavy (non-hydrogen) atoms. The van der Waals surface area contributed by atoms with Crippen molar-refractivity contribution in [1.82, 2.24) is 0 Å². The summed E-state index contributed by atoms with van der Waals surface area (Å²) in [7, 11) is 1.71. The van der Waals surface area contributed by atoms with Crippen LogP contribution in [0.5, 0.6) is 0 Å². The molecule has 5 heteroatoms. The summed E-state index contributed by atoms with van der Waals surface area (Å²) in [6.07, 6.45) is 8.61. The minimum Gasteiger partial charge on any atom is -0.377 e. The zero-order valence-electron chi connectivity index (χ0n) is 8.95. The van der Waals surface area contributed by atoms with Gasteiger partial charge in [-0.1, -0.05) is 32.1 Å². The third-order valence-electron chi connectivity index (χ3n) is 2.73. The summed E-state index contributed by atoms with van der Waals surface area (Å²) in [6.45, 7) is 0.233. The maximum atomic E-state index is 10.7. The van der Waals surface area contributed by atoms with Crippen LogP contribution in [-0.4, -0.2) is 26.9 Å². The van der Waals surface area contributed by atoms with Gasteiger partial charge < -0.3 is 4.74 Å². The van der Waals surface area contributed by atoms with Crippen molar-refractivity contribution in [3.05, 3.63) is 0 Å². The average molecular weight is 255 g/mol. The predicted octanol–water partition coefficient (Wildman–Crippen LogP) is 2.68. The smallest absolute Gasteiger partial charge is 0.234 e. The molecule has 1 aliphatic carbocycles. The highest BCUT2D eigenvalue weighted by Crippen LogP contribution is 2.19. The molecule has 1 fully saturated rings. The summed E-state index contributed by atoms with van der Waals surface area (Å²) in [5.41, 5.74) is 0. The van der Waals surface area contributed by atoms with Crippen LogP contribution in [0.25, 0.3) is 0 Å². The van der Waals surface area contributed by atoms with E-state index in [0.29, 0.717) is 0 Å². The molecule has 0 unspecified atom stereocenters. The monoisotopic (exact) mass is 254 g/mol. The molecule has 3 nitrogen and oxygen atoms in total. The number of hydrogen-bond acceptors (Lipinski definition) is 3. The standard InChI is InChI=1S/C10H19ClO3S/c11-15(12,13)9-8-14-10-6-4-2-1-3-5-7-10/h10H,1-9H2. The maximum Gasteiger partial charge on any atom is 0.234 e. The minimum atomic E-state index is -3.39. The van der Waals surface area contributed by atoms with Gasteiger partial charge in [-0.05, 0) is 12.8 Å². The van der Waals surface area contributed by atoms with Crippen LogP contribution >= 0.6 is 10.7 Å². The van der Waals surface area contributed by atoms with Gasteiger partial charge >= 0.3 is 0 Å². The van der Waals surface area contributed by atoms with Crippen LogP contribution in [0.3, 0.4) is 0 Å². The normalized spacial score (nSPS) is 20.9. The van der Waals surface area contributed by atoms with Crippen LogP contribution in [0.4, 0.5) is 0 Å². The third-order valence-corrected chi connectivity index (χ3v) is 3.85. The minimum absolute atomic E-state index is 0.0783. The van der Waals surface area contributed by atoms with Crippen molar-refractivity contribution in [2.45, 2.75) is 51.0 Å².